The highest BCUT2D eigenvalue weighted by Gasteiger charge is 2.19. The summed E-state index contributed by atoms with van der Waals surface area (Å²) in [6.07, 6.45) is 2.04. The molecular formula is C21H22N4O4. The molecule has 29 heavy (non-hydrogen) atoms. The number of aromatic nitrogens is 1. The van der Waals surface area contributed by atoms with E-state index in [1.165, 1.54) is 10.1 Å². The molecule has 2 aromatic carbocycles. The van der Waals surface area contributed by atoms with Gasteiger partial charge in [0.15, 0.2) is 5.58 Å². The Kier molecular flexibility index (Phi) is 5.33. The van der Waals surface area contributed by atoms with E-state index in [4.69, 9.17) is 4.42 Å². The van der Waals surface area contributed by atoms with Crippen LogP contribution < -0.4 is 21.5 Å². The second-order valence-corrected chi connectivity index (χ2v) is 6.99. The van der Waals surface area contributed by atoms with Crippen LogP contribution in [0.5, 0.6) is 0 Å². The number of rotatable bonds is 5. The van der Waals surface area contributed by atoms with E-state index in [1.807, 2.05) is 23.1 Å². The van der Waals surface area contributed by atoms with Crippen molar-refractivity contribution in [2.24, 2.45) is 0 Å². The predicted molar refractivity (Wildman–Crippen MR) is 108 cm³/mol. The van der Waals surface area contributed by atoms with Crippen LogP contribution in [-0.4, -0.2) is 29.5 Å². The minimum Gasteiger partial charge on any atom is -0.408 e. The molecular weight excluding hydrogens is 372 g/mol. The van der Waals surface area contributed by atoms with E-state index in [0.29, 0.717) is 11.1 Å². The highest BCUT2D eigenvalue weighted by molar-refractivity contribution is 5.85. The summed E-state index contributed by atoms with van der Waals surface area (Å²) in [5.41, 5.74) is 8.27. The molecule has 1 aliphatic rings. The van der Waals surface area contributed by atoms with Crippen LogP contribution in [0.15, 0.2) is 57.7 Å². The second-order valence-electron chi connectivity index (χ2n) is 6.99. The summed E-state index contributed by atoms with van der Waals surface area (Å²) in [6, 6.07) is 15.1. The number of fused-ring (bicyclic) bond motifs is 2. The van der Waals surface area contributed by atoms with Gasteiger partial charge in [0, 0.05) is 25.2 Å². The van der Waals surface area contributed by atoms with Crippen molar-refractivity contribution in [3.05, 3.63) is 64.6 Å². The smallest absolute Gasteiger partial charge is 0.408 e. The van der Waals surface area contributed by atoms with Gasteiger partial charge in [-0.1, -0.05) is 30.3 Å². The van der Waals surface area contributed by atoms with Crippen molar-refractivity contribution < 1.29 is 14.0 Å². The third kappa shape index (κ3) is 4.16. The SMILES string of the molecule is O=C(CCn1c(=O)oc2ccccc21)NNC(=O)CN1CCCc2ccccc21. The quantitative estimate of drug-likeness (QED) is 0.641. The topological polar surface area (TPSA) is 96.6 Å². The van der Waals surface area contributed by atoms with Crippen LogP contribution in [0.1, 0.15) is 18.4 Å². The Morgan fingerprint density at radius 2 is 1.76 bits per heavy atom. The van der Waals surface area contributed by atoms with Gasteiger partial charge in [-0.3, -0.25) is 25.0 Å². The van der Waals surface area contributed by atoms with Crippen LogP contribution >= 0.6 is 0 Å². The molecule has 4 rings (SSSR count). The normalized spacial score (nSPS) is 13.2. The number of hydrogen-bond acceptors (Lipinski definition) is 5. The number of para-hydroxylation sites is 3. The Balaban J connectivity index is 1.28. The van der Waals surface area contributed by atoms with Gasteiger partial charge in [-0.15, -0.1) is 0 Å². The van der Waals surface area contributed by atoms with Gasteiger partial charge in [-0.05, 0) is 36.6 Å². The van der Waals surface area contributed by atoms with Gasteiger partial charge in [-0.2, -0.15) is 0 Å². The number of hydrazine groups is 1. The molecule has 0 aliphatic carbocycles. The number of carbonyl (C=O) groups excluding carboxylic acids is 2. The molecule has 2 amide bonds. The molecule has 2 N–H and O–H groups in total. The summed E-state index contributed by atoms with van der Waals surface area (Å²) in [5.74, 6) is -1.18. The van der Waals surface area contributed by atoms with Crippen molar-refractivity contribution in [2.45, 2.75) is 25.8 Å². The Hall–Kier alpha value is -3.55. The number of aryl methyl sites for hydroxylation is 2. The van der Waals surface area contributed by atoms with Crippen molar-refractivity contribution in [3.8, 4) is 0 Å². The first-order chi connectivity index (χ1) is 14.1. The van der Waals surface area contributed by atoms with Gasteiger partial charge in [0.25, 0.3) is 5.91 Å². The van der Waals surface area contributed by atoms with Gasteiger partial charge >= 0.3 is 5.76 Å². The van der Waals surface area contributed by atoms with E-state index >= 15 is 0 Å². The lowest BCUT2D eigenvalue weighted by Gasteiger charge is -2.30. The molecule has 0 radical (unpaired) electrons. The number of hydrogen-bond donors (Lipinski definition) is 2. The average molecular weight is 394 g/mol. The van der Waals surface area contributed by atoms with E-state index < -0.39 is 5.76 Å². The van der Waals surface area contributed by atoms with E-state index in [2.05, 4.69) is 16.9 Å². The maximum Gasteiger partial charge on any atom is 0.419 e. The zero-order valence-corrected chi connectivity index (χ0v) is 15.9. The molecule has 0 fully saturated rings. The van der Waals surface area contributed by atoms with E-state index in [1.54, 1.807) is 24.3 Å². The van der Waals surface area contributed by atoms with Gasteiger partial charge in [0.1, 0.15) is 0 Å². The van der Waals surface area contributed by atoms with Crippen LogP contribution in [0.4, 0.5) is 5.69 Å². The van der Waals surface area contributed by atoms with Gasteiger partial charge in [-0.25, -0.2) is 4.79 Å². The fourth-order valence-corrected chi connectivity index (χ4v) is 3.63. The molecule has 2 heterocycles. The summed E-state index contributed by atoms with van der Waals surface area (Å²) in [5, 5.41) is 0. The first-order valence-corrected chi connectivity index (χ1v) is 9.61. The number of benzene rings is 2. The van der Waals surface area contributed by atoms with Crippen molar-refractivity contribution in [1.82, 2.24) is 15.4 Å². The fourth-order valence-electron chi connectivity index (χ4n) is 3.63. The number of oxazole rings is 1. The molecule has 0 saturated carbocycles. The molecule has 0 atom stereocenters. The molecule has 0 spiro atoms. The third-order valence-corrected chi connectivity index (χ3v) is 5.02. The number of anilines is 1. The monoisotopic (exact) mass is 394 g/mol. The molecule has 8 nitrogen and oxygen atoms in total. The second kappa shape index (κ2) is 8.22. The largest absolute Gasteiger partial charge is 0.419 e. The summed E-state index contributed by atoms with van der Waals surface area (Å²) < 4.78 is 6.55. The summed E-state index contributed by atoms with van der Waals surface area (Å²) >= 11 is 0. The fraction of sp³-hybridized carbons (Fsp3) is 0.286. The predicted octanol–water partition coefficient (Wildman–Crippen LogP) is 1.58. The average Bonchev–Trinajstić information content (AvgIpc) is 3.06. The van der Waals surface area contributed by atoms with Gasteiger partial charge in [0.2, 0.25) is 5.91 Å². The molecule has 150 valence electrons. The van der Waals surface area contributed by atoms with Crippen molar-refractivity contribution in [2.75, 3.05) is 18.0 Å². The molecule has 1 aromatic heterocycles. The van der Waals surface area contributed by atoms with E-state index in [0.717, 1.165) is 25.1 Å². The zero-order chi connectivity index (χ0) is 20.2. The maximum atomic E-state index is 12.2. The van der Waals surface area contributed by atoms with Crippen LogP contribution in [0.3, 0.4) is 0 Å². The molecule has 0 bridgehead atoms. The van der Waals surface area contributed by atoms with Crippen LogP contribution in [0, 0.1) is 0 Å². The van der Waals surface area contributed by atoms with Crippen molar-refractivity contribution in [1.29, 1.82) is 0 Å². The number of carbonyl (C=O) groups is 2. The minimum absolute atomic E-state index is 0.0380. The Bertz CT molecular complexity index is 1100. The van der Waals surface area contributed by atoms with E-state index in [-0.39, 0.29) is 31.3 Å². The summed E-state index contributed by atoms with van der Waals surface area (Å²) in [7, 11) is 0. The van der Waals surface area contributed by atoms with Gasteiger partial charge in [0.05, 0.1) is 12.1 Å². The Labute approximate surface area is 167 Å². The Morgan fingerprint density at radius 3 is 2.66 bits per heavy atom. The first kappa shape index (κ1) is 18.8. The zero-order valence-electron chi connectivity index (χ0n) is 15.9. The summed E-state index contributed by atoms with van der Waals surface area (Å²) in [4.78, 5) is 38.3. The number of amides is 2. The maximum absolute atomic E-state index is 12.2. The number of nitrogens with one attached hydrogen (secondary N) is 2. The lowest BCUT2D eigenvalue weighted by molar-refractivity contribution is -0.128. The minimum atomic E-state index is -0.508. The molecule has 8 heteroatoms. The lowest BCUT2D eigenvalue weighted by Crippen LogP contribution is -2.47. The van der Waals surface area contributed by atoms with Crippen LogP contribution in [-0.2, 0) is 22.6 Å². The van der Waals surface area contributed by atoms with Crippen LogP contribution in [0.25, 0.3) is 11.1 Å². The molecule has 0 saturated heterocycles. The van der Waals surface area contributed by atoms with E-state index in [9.17, 15) is 14.4 Å². The standard InChI is InChI=1S/C21H22N4O4/c26-19(11-13-25-17-9-3-4-10-18(17)29-21(25)28)22-23-20(27)14-24-12-5-7-15-6-1-2-8-16(15)24/h1-4,6,8-10H,5,7,11-14H2,(H,22,26)(H,23,27). The molecule has 0 unspecified atom stereocenters. The Morgan fingerprint density at radius 1 is 1.00 bits per heavy atom. The third-order valence-electron chi connectivity index (χ3n) is 5.02. The van der Waals surface area contributed by atoms with Crippen LogP contribution in [0.2, 0.25) is 0 Å². The summed E-state index contributed by atoms with van der Waals surface area (Å²) in [6.45, 7) is 1.13. The lowest BCUT2D eigenvalue weighted by atomic mass is 10.0. The first-order valence-electron chi connectivity index (χ1n) is 9.61. The van der Waals surface area contributed by atoms with Crippen molar-refractivity contribution in [3.63, 3.8) is 0 Å². The van der Waals surface area contributed by atoms with Gasteiger partial charge < -0.3 is 9.32 Å². The molecule has 1 aliphatic heterocycles. The molecule has 3 aromatic rings. The highest BCUT2D eigenvalue weighted by Crippen LogP contribution is 2.26. The highest BCUT2D eigenvalue weighted by atomic mass is 16.4. The number of nitrogens with zero attached hydrogens (tertiary/aromatic N) is 2. The van der Waals surface area contributed by atoms with Crippen molar-refractivity contribution >= 4 is 28.6 Å².